The SMILES string of the molecule is C=C(CCCCNC(=O)CCCCC(c1ccc(F)cc1)c1ccc(F)cc1)C(=O)c1ccc(C(C)(C)C)cc1. The van der Waals surface area contributed by atoms with Crippen LogP contribution in [0.5, 0.6) is 0 Å². The first-order chi connectivity index (χ1) is 19.0. The summed E-state index contributed by atoms with van der Waals surface area (Å²) in [5.74, 6) is -0.588. The molecule has 0 heterocycles. The van der Waals surface area contributed by atoms with Crippen molar-refractivity contribution in [2.24, 2.45) is 0 Å². The van der Waals surface area contributed by atoms with Gasteiger partial charge in [-0.05, 0) is 84.0 Å². The van der Waals surface area contributed by atoms with E-state index in [0.29, 0.717) is 30.5 Å². The van der Waals surface area contributed by atoms with E-state index in [2.05, 4.69) is 32.7 Å². The number of allylic oxidation sites excluding steroid dienone is 1. The summed E-state index contributed by atoms with van der Waals surface area (Å²) in [6, 6.07) is 20.6. The zero-order valence-corrected chi connectivity index (χ0v) is 23.9. The van der Waals surface area contributed by atoms with Gasteiger partial charge in [-0.3, -0.25) is 9.59 Å². The van der Waals surface area contributed by atoms with Crippen LogP contribution in [0.15, 0.2) is 84.9 Å². The third-order valence-corrected chi connectivity index (χ3v) is 7.25. The minimum absolute atomic E-state index is 0.00829. The van der Waals surface area contributed by atoms with E-state index in [1.54, 1.807) is 24.3 Å². The van der Waals surface area contributed by atoms with Crippen molar-refractivity contribution in [3.05, 3.63) is 119 Å². The second-order valence-corrected chi connectivity index (χ2v) is 11.5. The zero-order valence-electron chi connectivity index (χ0n) is 23.9. The van der Waals surface area contributed by atoms with Gasteiger partial charge in [0.2, 0.25) is 5.91 Å². The molecule has 212 valence electrons. The van der Waals surface area contributed by atoms with Crippen molar-refractivity contribution in [3.63, 3.8) is 0 Å². The van der Waals surface area contributed by atoms with Gasteiger partial charge in [0, 0.05) is 24.4 Å². The summed E-state index contributed by atoms with van der Waals surface area (Å²) >= 11 is 0. The molecule has 5 heteroatoms. The summed E-state index contributed by atoms with van der Waals surface area (Å²) in [6.45, 7) is 11.0. The van der Waals surface area contributed by atoms with E-state index in [1.165, 1.54) is 29.8 Å². The average molecular weight is 546 g/mol. The van der Waals surface area contributed by atoms with Crippen molar-refractivity contribution in [1.29, 1.82) is 0 Å². The Kier molecular flexibility index (Phi) is 11.4. The highest BCUT2D eigenvalue weighted by Gasteiger charge is 2.16. The highest BCUT2D eigenvalue weighted by Crippen LogP contribution is 2.30. The van der Waals surface area contributed by atoms with Crippen LogP contribution in [0.25, 0.3) is 0 Å². The van der Waals surface area contributed by atoms with Gasteiger partial charge in [0.1, 0.15) is 11.6 Å². The first-order valence-corrected chi connectivity index (χ1v) is 14.2. The molecule has 0 atom stereocenters. The number of amides is 1. The zero-order chi connectivity index (χ0) is 29.1. The number of hydrogen-bond acceptors (Lipinski definition) is 2. The predicted octanol–water partition coefficient (Wildman–Crippen LogP) is 8.68. The van der Waals surface area contributed by atoms with Crippen molar-refractivity contribution in [2.75, 3.05) is 6.54 Å². The van der Waals surface area contributed by atoms with Crippen LogP contribution in [-0.2, 0) is 10.2 Å². The standard InChI is InChI=1S/C35H41F2NO2/c1-25(34(40)28-12-18-29(19-13-28)35(2,3)4)9-7-8-24-38-33(39)11-6-5-10-32(26-14-20-30(36)21-15-26)27-16-22-31(37)23-17-27/h12-23,32H,1,5-11,24H2,2-4H3,(H,38,39). The van der Waals surface area contributed by atoms with E-state index in [1.807, 2.05) is 24.3 Å². The number of ketones is 1. The van der Waals surface area contributed by atoms with Crippen molar-refractivity contribution in [1.82, 2.24) is 5.32 Å². The molecule has 0 aliphatic rings. The maximum atomic E-state index is 13.4. The minimum Gasteiger partial charge on any atom is -0.356 e. The van der Waals surface area contributed by atoms with Crippen LogP contribution < -0.4 is 5.32 Å². The van der Waals surface area contributed by atoms with E-state index >= 15 is 0 Å². The molecular weight excluding hydrogens is 504 g/mol. The molecule has 0 saturated heterocycles. The lowest BCUT2D eigenvalue weighted by molar-refractivity contribution is -0.121. The predicted molar refractivity (Wildman–Crippen MR) is 159 cm³/mol. The smallest absolute Gasteiger partial charge is 0.219 e. The van der Waals surface area contributed by atoms with Crippen molar-refractivity contribution < 1.29 is 18.4 Å². The molecule has 1 N–H and O–H groups in total. The molecule has 1 amide bonds. The monoisotopic (exact) mass is 545 g/mol. The van der Waals surface area contributed by atoms with E-state index in [4.69, 9.17) is 0 Å². The largest absolute Gasteiger partial charge is 0.356 e. The van der Waals surface area contributed by atoms with Gasteiger partial charge in [0.15, 0.2) is 5.78 Å². The molecule has 0 aliphatic heterocycles. The lowest BCUT2D eigenvalue weighted by atomic mass is 9.86. The summed E-state index contributed by atoms with van der Waals surface area (Å²) in [5.41, 5.74) is 4.42. The third-order valence-electron chi connectivity index (χ3n) is 7.25. The molecule has 40 heavy (non-hydrogen) atoms. The number of carbonyl (C=O) groups excluding carboxylic acids is 2. The molecule has 3 nitrogen and oxygen atoms in total. The van der Waals surface area contributed by atoms with Gasteiger partial charge in [0.25, 0.3) is 0 Å². The number of rotatable bonds is 14. The fourth-order valence-electron chi connectivity index (χ4n) is 4.77. The normalized spacial score (nSPS) is 11.4. The second kappa shape index (κ2) is 14.7. The third kappa shape index (κ3) is 9.55. The van der Waals surface area contributed by atoms with Gasteiger partial charge < -0.3 is 5.32 Å². The molecule has 3 aromatic rings. The van der Waals surface area contributed by atoms with Crippen LogP contribution in [-0.4, -0.2) is 18.2 Å². The van der Waals surface area contributed by atoms with Crippen LogP contribution in [0.3, 0.4) is 0 Å². The maximum absolute atomic E-state index is 13.4. The van der Waals surface area contributed by atoms with Gasteiger partial charge in [-0.2, -0.15) is 0 Å². The van der Waals surface area contributed by atoms with Crippen molar-refractivity contribution >= 4 is 11.7 Å². The number of hydrogen-bond donors (Lipinski definition) is 1. The molecule has 0 aromatic heterocycles. The summed E-state index contributed by atoms with van der Waals surface area (Å²) < 4.78 is 26.9. The Morgan fingerprint density at radius 1 is 0.750 bits per heavy atom. The van der Waals surface area contributed by atoms with E-state index in [0.717, 1.165) is 43.2 Å². The van der Waals surface area contributed by atoms with Crippen molar-refractivity contribution in [2.45, 2.75) is 77.0 Å². The van der Waals surface area contributed by atoms with Gasteiger partial charge in [0.05, 0.1) is 0 Å². The van der Waals surface area contributed by atoms with Crippen LogP contribution in [0, 0.1) is 11.6 Å². The molecule has 0 aliphatic carbocycles. The molecule has 0 fully saturated rings. The molecule has 0 unspecified atom stereocenters. The Balaban J connectivity index is 1.35. The molecule has 0 bridgehead atoms. The first kappa shape index (κ1) is 30.9. The quantitative estimate of drug-likeness (QED) is 0.125. The lowest BCUT2D eigenvalue weighted by Gasteiger charge is -2.19. The number of unbranched alkanes of at least 4 members (excludes halogenated alkanes) is 2. The van der Waals surface area contributed by atoms with Crippen molar-refractivity contribution in [3.8, 4) is 0 Å². The fraction of sp³-hybridized carbons (Fsp3) is 0.371. The van der Waals surface area contributed by atoms with Crippen LogP contribution >= 0.6 is 0 Å². The second-order valence-electron chi connectivity index (χ2n) is 11.5. The first-order valence-electron chi connectivity index (χ1n) is 14.2. The number of carbonyl (C=O) groups is 2. The Labute approximate surface area is 237 Å². The molecule has 3 rings (SSSR count). The van der Waals surface area contributed by atoms with Gasteiger partial charge in [-0.1, -0.05) is 82.3 Å². The summed E-state index contributed by atoms with van der Waals surface area (Å²) in [7, 11) is 0. The highest BCUT2D eigenvalue weighted by molar-refractivity contribution is 6.08. The molecule has 0 spiro atoms. The Morgan fingerprint density at radius 3 is 1.80 bits per heavy atom. The minimum atomic E-state index is -0.292. The van der Waals surface area contributed by atoms with E-state index in [-0.39, 0.29) is 34.7 Å². The van der Waals surface area contributed by atoms with Crippen LogP contribution in [0.1, 0.15) is 98.7 Å². The molecule has 0 radical (unpaired) electrons. The molecule has 3 aromatic carbocycles. The lowest BCUT2D eigenvalue weighted by Crippen LogP contribution is -2.24. The Morgan fingerprint density at radius 2 is 1.27 bits per heavy atom. The number of nitrogens with one attached hydrogen (secondary N) is 1. The topological polar surface area (TPSA) is 46.2 Å². The van der Waals surface area contributed by atoms with Gasteiger partial charge in [-0.15, -0.1) is 0 Å². The number of Topliss-reactive ketones (excluding diaryl/α,β-unsaturated/α-hetero) is 1. The summed E-state index contributed by atoms with van der Waals surface area (Å²) in [4.78, 5) is 25.0. The average Bonchev–Trinajstić information content (AvgIpc) is 2.93. The van der Waals surface area contributed by atoms with Gasteiger partial charge in [-0.25, -0.2) is 8.78 Å². The molecule has 0 saturated carbocycles. The maximum Gasteiger partial charge on any atom is 0.219 e. The Bertz CT molecular complexity index is 1210. The van der Waals surface area contributed by atoms with Crippen LogP contribution in [0.2, 0.25) is 0 Å². The summed E-state index contributed by atoms with van der Waals surface area (Å²) in [5, 5.41) is 2.96. The van der Waals surface area contributed by atoms with E-state index in [9.17, 15) is 18.4 Å². The Hall–Kier alpha value is -3.60. The van der Waals surface area contributed by atoms with E-state index < -0.39 is 0 Å². The number of halogens is 2. The summed E-state index contributed by atoms with van der Waals surface area (Å²) in [6.07, 6.45) is 4.90. The van der Waals surface area contributed by atoms with Gasteiger partial charge >= 0.3 is 0 Å². The van der Waals surface area contributed by atoms with Crippen LogP contribution in [0.4, 0.5) is 8.78 Å². The fourth-order valence-corrected chi connectivity index (χ4v) is 4.77. The molecular formula is C35H41F2NO2. The highest BCUT2D eigenvalue weighted by atomic mass is 19.1. The number of benzene rings is 3.